The topological polar surface area (TPSA) is 33.5 Å². The molecule has 0 radical (unpaired) electrons. The third kappa shape index (κ3) is 4.29. The second kappa shape index (κ2) is 7.38. The van der Waals surface area contributed by atoms with Crippen molar-refractivity contribution in [1.29, 1.82) is 0 Å². The minimum absolute atomic E-state index is 0.207. The number of likely N-dealkylation sites (N-methyl/N-ethyl adjacent to an activating group) is 1. The molecule has 116 valence electrons. The number of carbonyl (C=O) groups is 1. The van der Waals surface area contributed by atoms with Crippen LogP contribution in [0, 0.1) is 5.82 Å². The second-order valence-corrected chi connectivity index (χ2v) is 5.78. The Hall–Kier alpha value is -1.91. The number of carbonyl (C=O) groups excluding carboxylic acids is 1. The maximum atomic E-state index is 13.6. The molecular formula is C17H19ClFN2O+. The molecule has 2 aromatic rings. The van der Waals surface area contributed by atoms with Gasteiger partial charge in [-0.3, -0.25) is 4.79 Å². The lowest BCUT2D eigenvalue weighted by atomic mass is 10.2. The van der Waals surface area contributed by atoms with Crippen molar-refractivity contribution >= 4 is 23.2 Å². The van der Waals surface area contributed by atoms with E-state index in [-0.39, 0.29) is 17.6 Å². The zero-order valence-electron chi connectivity index (χ0n) is 12.6. The number of anilines is 1. The average Bonchev–Trinajstić information content (AvgIpc) is 2.51. The van der Waals surface area contributed by atoms with Gasteiger partial charge in [0.25, 0.3) is 5.91 Å². The molecule has 2 N–H and O–H groups in total. The summed E-state index contributed by atoms with van der Waals surface area (Å²) in [5, 5.41) is 3.32. The van der Waals surface area contributed by atoms with E-state index in [9.17, 15) is 9.18 Å². The van der Waals surface area contributed by atoms with E-state index in [0.29, 0.717) is 11.6 Å². The van der Waals surface area contributed by atoms with Gasteiger partial charge in [-0.2, -0.15) is 0 Å². The molecule has 2 aromatic carbocycles. The van der Waals surface area contributed by atoms with Gasteiger partial charge in [0.2, 0.25) is 0 Å². The highest BCUT2D eigenvalue weighted by molar-refractivity contribution is 6.30. The van der Waals surface area contributed by atoms with Gasteiger partial charge >= 0.3 is 0 Å². The fraction of sp³-hybridized carbons (Fsp3) is 0.235. The number of quaternary nitrogens is 1. The molecule has 5 heteroatoms. The molecule has 0 aliphatic carbocycles. The van der Waals surface area contributed by atoms with Gasteiger partial charge in [-0.15, -0.1) is 0 Å². The van der Waals surface area contributed by atoms with E-state index in [0.717, 1.165) is 10.5 Å². The molecule has 1 amide bonds. The minimum atomic E-state index is -0.432. The highest BCUT2D eigenvalue weighted by atomic mass is 35.5. The lowest BCUT2D eigenvalue weighted by Gasteiger charge is -2.21. The Balaban J connectivity index is 1.97. The molecule has 0 heterocycles. The fourth-order valence-electron chi connectivity index (χ4n) is 2.10. The smallest absolute Gasteiger partial charge is 0.282 e. The summed E-state index contributed by atoms with van der Waals surface area (Å²) in [6.07, 6.45) is 0. The third-order valence-electron chi connectivity index (χ3n) is 3.66. The molecule has 0 fully saturated rings. The Labute approximate surface area is 134 Å². The van der Waals surface area contributed by atoms with Crippen LogP contribution in [0.2, 0.25) is 5.02 Å². The fourth-order valence-corrected chi connectivity index (χ4v) is 2.23. The summed E-state index contributed by atoms with van der Waals surface area (Å²) in [7, 11) is 1.93. The van der Waals surface area contributed by atoms with Crippen LogP contribution in [-0.4, -0.2) is 19.0 Å². The van der Waals surface area contributed by atoms with E-state index >= 15 is 0 Å². The minimum Gasteiger partial charge on any atom is -0.324 e. The van der Waals surface area contributed by atoms with Gasteiger partial charge in [0.1, 0.15) is 12.4 Å². The number of halogens is 2. The van der Waals surface area contributed by atoms with Gasteiger partial charge in [-0.25, -0.2) is 4.39 Å². The van der Waals surface area contributed by atoms with Gasteiger partial charge in [0.15, 0.2) is 6.04 Å². The highest BCUT2D eigenvalue weighted by Crippen LogP contribution is 2.12. The molecule has 0 saturated heterocycles. The molecule has 1 unspecified atom stereocenters. The third-order valence-corrected chi connectivity index (χ3v) is 3.91. The number of rotatable bonds is 5. The highest BCUT2D eigenvalue weighted by Gasteiger charge is 2.22. The molecule has 0 aliphatic heterocycles. The monoisotopic (exact) mass is 321 g/mol. The number of benzene rings is 2. The predicted octanol–water partition coefficient (Wildman–Crippen LogP) is 2.52. The lowest BCUT2D eigenvalue weighted by Crippen LogP contribution is -3.12. The zero-order chi connectivity index (χ0) is 16.1. The number of hydrogen-bond donors (Lipinski definition) is 2. The standard InChI is InChI=1S/C17H18ClFN2O/c1-12(17(22)20-16-6-4-3-5-15(16)19)21(2)11-13-7-9-14(18)10-8-13/h3-10,12H,11H2,1-2H3,(H,20,22)/p+1/t12-/m1/s1. The number of nitrogens with one attached hydrogen (secondary N) is 2. The summed E-state index contributed by atoms with van der Waals surface area (Å²) < 4.78 is 13.6. The van der Waals surface area contributed by atoms with Crippen molar-refractivity contribution in [3.63, 3.8) is 0 Å². The van der Waals surface area contributed by atoms with Crippen LogP contribution in [0.3, 0.4) is 0 Å². The molecule has 3 nitrogen and oxygen atoms in total. The van der Waals surface area contributed by atoms with Crippen molar-refractivity contribution in [1.82, 2.24) is 0 Å². The largest absolute Gasteiger partial charge is 0.324 e. The van der Waals surface area contributed by atoms with Crippen molar-refractivity contribution in [2.45, 2.75) is 19.5 Å². The van der Waals surface area contributed by atoms with Gasteiger partial charge in [0.05, 0.1) is 12.7 Å². The average molecular weight is 322 g/mol. The van der Waals surface area contributed by atoms with Crippen molar-refractivity contribution < 1.29 is 14.1 Å². The molecule has 0 aliphatic rings. The van der Waals surface area contributed by atoms with Crippen LogP contribution in [-0.2, 0) is 11.3 Å². The van der Waals surface area contributed by atoms with Crippen molar-refractivity contribution in [2.75, 3.05) is 12.4 Å². The Bertz CT molecular complexity index is 645. The number of para-hydroxylation sites is 1. The summed E-state index contributed by atoms with van der Waals surface area (Å²) >= 11 is 5.86. The molecule has 2 rings (SSSR count). The summed E-state index contributed by atoms with van der Waals surface area (Å²) in [5.74, 6) is -0.644. The summed E-state index contributed by atoms with van der Waals surface area (Å²) in [4.78, 5) is 13.2. The van der Waals surface area contributed by atoms with Crippen LogP contribution in [0.25, 0.3) is 0 Å². The molecule has 22 heavy (non-hydrogen) atoms. The molecule has 2 atom stereocenters. The maximum Gasteiger partial charge on any atom is 0.282 e. The Morgan fingerprint density at radius 2 is 1.86 bits per heavy atom. The Morgan fingerprint density at radius 1 is 1.23 bits per heavy atom. The van der Waals surface area contributed by atoms with E-state index in [4.69, 9.17) is 11.6 Å². The SMILES string of the molecule is C[C@H](C(=O)Nc1ccccc1F)[NH+](C)Cc1ccc(Cl)cc1. The van der Waals surface area contributed by atoms with E-state index < -0.39 is 5.82 Å². The van der Waals surface area contributed by atoms with E-state index in [2.05, 4.69) is 5.32 Å². The van der Waals surface area contributed by atoms with Crippen LogP contribution in [0.4, 0.5) is 10.1 Å². The van der Waals surface area contributed by atoms with Crippen LogP contribution in [0.15, 0.2) is 48.5 Å². The van der Waals surface area contributed by atoms with Crippen LogP contribution < -0.4 is 10.2 Å². The van der Waals surface area contributed by atoms with Gasteiger partial charge < -0.3 is 10.2 Å². The molecular weight excluding hydrogens is 303 g/mol. The normalized spacial score (nSPS) is 13.5. The Morgan fingerprint density at radius 3 is 2.50 bits per heavy atom. The number of hydrogen-bond acceptors (Lipinski definition) is 1. The molecule has 0 spiro atoms. The quantitative estimate of drug-likeness (QED) is 0.872. The van der Waals surface area contributed by atoms with Crippen LogP contribution >= 0.6 is 11.6 Å². The van der Waals surface area contributed by atoms with Crippen LogP contribution in [0.1, 0.15) is 12.5 Å². The van der Waals surface area contributed by atoms with Gasteiger partial charge in [0, 0.05) is 10.6 Å². The maximum absolute atomic E-state index is 13.6. The van der Waals surface area contributed by atoms with E-state index in [1.807, 2.05) is 38.2 Å². The van der Waals surface area contributed by atoms with Gasteiger partial charge in [-0.05, 0) is 31.2 Å². The first kappa shape index (κ1) is 16.5. The lowest BCUT2D eigenvalue weighted by molar-refractivity contribution is -0.907. The number of amides is 1. The predicted molar refractivity (Wildman–Crippen MR) is 86.5 cm³/mol. The first-order valence-electron chi connectivity index (χ1n) is 7.09. The summed E-state index contributed by atoms with van der Waals surface area (Å²) in [5.41, 5.74) is 1.30. The van der Waals surface area contributed by atoms with Gasteiger partial charge in [-0.1, -0.05) is 35.9 Å². The zero-order valence-corrected chi connectivity index (χ0v) is 13.3. The van der Waals surface area contributed by atoms with Crippen molar-refractivity contribution in [2.24, 2.45) is 0 Å². The first-order chi connectivity index (χ1) is 10.5. The first-order valence-corrected chi connectivity index (χ1v) is 7.47. The van der Waals surface area contributed by atoms with Crippen molar-refractivity contribution in [3.05, 3.63) is 64.9 Å². The second-order valence-electron chi connectivity index (χ2n) is 5.34. The van der Waals surface area contributed by atoms with Crippen LogP contribution in [0.5, 0.6) is 0 Å². The van der Waals surface area contributed by atoms with E-state index in [1.54, 1.807) is 18.2 Å². The Kier molecular flexibility index (Phi) is 5.52. The molecule has 0 saturated carbocycles. The summed E-state index contributed by atoms with van der Waals surface area (Å²) in [6, 6.07) is 13.4. The summed E-state index contributed by atoms with van der Waals surface area (Å²) in [6.45, 7) is 2.50. The van der Waals surface area contributed by atoms with Crippen molar-refractivity contribution in [3.8, 4) is 0 Å². The molecule has 0 aromatic heterocycles. The molecule has 0 bridgehead atoms. The van der Waals surface area contributed by atoms with E-state index in [1.165, 1.54) is 6.07 Å².